The maximum Gasteiger partial charge on any atom is 0.0102 e. The van der Waals surface area contributed by atoms with E-state index in [-0.39, 0.29) is 0 Å². The van der Waals surface area contributed by atoms with E-state index in [4.69, 9.17) is 22.3 Å². The lowest BCUT2D eigenvalue weighted by molar-refractivity contribution is 0.860. The fourth-order valence-corrected chi connectivity index (χ4v) is 1.11. The van der Waals surface area contributed by atoms with E-state index in [1.807, 2.05) is 0 Å². The van der Waals surface area contributed by atoms with Gasteiger partial charge in [-0.25, -0.2) is 0 Å². The number of nitrogens with two attached hydrogens (primary N) is 2. The molecule has 0 saturated carbocycles. The van der Waals surface area contributed by atoms with Crippen molar-refractivity contribution in [3.8, 4) is 0 Å². The van der Waals surface area contributed by atoms with Gasteiger partial charge in [0.05, 0.1) is 0 Å². The molecule has 76 valence electrons. The van der Waals surface area contributed by atoms with Crippen LogP contribution in [0.3, 0.4) is 0 Å². The molecule has 0 aliphatic carbocycles. The molecule has 0 atom stereocenters. The Morgan fingerprint density at radius 1 is 0.769 bits per heavy atom. The molecule has 0 amide bonds. The molecule has 0 aliphatic rings. The van der Waals surface area contributed by atoms with E-state index >= 15 is 0 Å². The van der Waals surface area contributed by atoms with Crippen molar-refractivity contribution >= 4 is 11.4 Å². The molecule has 0 aromatic heterocycles. The summed E-state index contributed by atoms with van der Waals surface area (Å²) in [5, 5.41) is 14.9. The number of hydrogen-bond acceptors (Lipinski definition) is 4. The predicted octanol–water partition coefficient (Wildman–Crippen LogP) is 0.894. The molecule has 4 heteroatoms. The van der Waals surface area contributed by atoms with Gasteiger partial charge in [0.25, 0.3) is 0 Å². The lowest BCUT2D eigenvalue weighted by Crippen LogP contribution is -2.09. The summed E-state index contributed by atoms with van der Waals surface area (Å²) in [7, 11) is 0. The Bertz CT molecular complexity index is 147. The first kappa shape index (κ1) is 12.3. The summed E-state index contributed by atoms with van der Waals surface area (Å²) in [5.74, 6) is 0. The Morgan fingerprint density at radius 2 is 1.15 bits per heavy atom. The van der Waals surface area contributed by atoms with Crippen LogP contribution in [0.4, 0.5) is 0 Å². The lowest BCUT2D eigenvalue weighted by atomic mass is 10.1. The molecular weight excluding hydrogens is 164 g/mol. The summed E-state index contributed by atoms with van der Waals surface area (Å²) in [5.41, 5.74) is 12.0. The Balaban J connectivity index is 3.33. The molecule has 0 spiro atoms. The van der Waals surface area contributed by atoms with Crippen molar-refractivity contribution in [2.45, 2.75) is 32.1 Å². The van der Waals surface area contributed by atoms with Crippen molar-refractivity contribution in [1.29, 1.82) is 10.8 Å². The van der Waals surface area contributed by atoms with Gasteiger partial charge in [-0.1, -0.05) is 0 Å². The molecule has 0 fully saturated rings. The van der Waals surface area contributed by atoms with Crippen LogP contribution in [0.15, 0.2) is 0 Å². The van der Waals surface area contributed by atoms with Crippen LogP contribution >= 0.6 is 0 Å². The van der Waals surface area contributed by atoms with Crippen molar-refractivity contribution in [2.75, 3.05) is 13.1 Å². The van der Waals surface area contributed by atoms with Crippen molar-refractivity contribution in [3.05, 3.63) is 0 Å². The van der Waals surface area contributed by atoms with Crippen LogP contribution in [-0.2, 0) is 0 Å². The van der Waals surface area contributed by atoms with Gasteiger partial charge >= 0.3 is 0 Å². The van der Waals surface area contributed by atoms with Crippen LogP contribution in [-0.4, -0.2) is 24.5 Å². The number of nitrogens with one attached hydrogen (secondary N) is 2. The highest BCUT2D eigenvalue weighted by Gasteiger charge is 1.98. The highest BCUT2D eigenvalue weighted by Crippen LogP contribution is 2.01. The van der Waals surface area contributed by atoms with Gasteiger partial charge in [0.15, 0.2) is 0 Å². The average Bonchev–Trinajstić information content (AvgIpc) is 2.05. The summed E-state index contributed by atoms with van der Waals surface area (Å²) in [6.07, 6.45) is 3.79. The Labute approximate surface area is 79.7 Å². The molecule has 0 aromatic carbocycles. The maximum absolute atomic E-state index is 7.46. The summed E-state index contributed by atoms with van der Waals surface area (Å²) >= 11 is 0. The van der Waals surface area contributed by atoms with E-state index in [1.54, 1.807) is 0 Å². The topological polar surface area (TPSA) is 99.7 Å². The average molecular weight is 184 g/mol. The van der Waals surface area contributed by atoms with Gasteiger partial charge in [-0.15, -0.1) is 0 Å². The van der Waals surface area contributed by atoms with E-state index < -0.39 is 0 Å². The van der Waals surface area contributed by atoms with Crippen LogP contribution in [0.2, 0.25) is 0 Å². The lowest BCUT2D eigenvalue weighted by Gasteiger charge is -2.03. The first-order chi connectivity index (χ1) is 6.20. The van der Waals surface area contributed by atoms with E-state index in [9.17, 15) is 0 Å². The Hall–Kier alpha value is -0.740. The molecule has 0 radical (unpaired) electrons. The van der Waals surface area contributed by atoms with E-state index in [0.717, 1.165) is 19.3 Å². The molecule has 0 heterocycles. The quantitative estimate of drug-likeness (QED) is 0.421. The first-order valence-electron chi connectivity index (χ1n) is 4.73. The van der Waals surface area contributed by atoms with Crippen LogP contribution in [0, 0.1) is 10.8 Å². The van der Waals surface area contributed by atoms with Crippen molar-refractivity contribution in [3.63, 3.8) is 0 Å². The monoisotopic (exact) mass is 184 g/mol. The smallest absolute Gasteiger partial charge is 0.0102 e. The SMILES string of the molecule is N=C(CCN)CCCC(=N)CCN. The Morgan fingerprint density at radius 3 is 1.46 bits per heavy atom. The van der Waals surface area contributed by atoms with Crippen molar-refractivity contribution in [2.24, 2.45) is 11.5 Å². The standard InChI is InChI=1S/C9H20N4/c10-6-4-8(12)2-1-3-9(13)5-7-11/h12-13H,1-7,10-11H2. The number of rotatable bonds is 8. The van der Waals surface area contributed by atoms with Crippen molar-refractivity contribution < 1.29 is 0 Å². The second kappa shape index (κ2) is 7.89. The van der Waals surface area contributed by atoms with Crippen LogP contribution in [0.1, 0.15) is 32.1 Å². The molecule has 6 N–H and O–H groups in total. The van der Waals surface area contributed by atoms with Crippen LogP contribution in [0.25, 0.3) is 0 Å². The molecule has 0 unspecified atom stereocenters. The summed E-state index contributed by atoms with van der Waals surface area (Å²) in [6, 6.07) is 0. The third kappa shape index (κ3) is 7.62. The fourth-order valence-electron chi connectivity index (χ4n) is 1.11. The third-order valence-corrected chi connectivity index (χ3v) is 1.85. The van der Waals surface area contributed by atoms with Crippen LogP contribution in [0.5, 0.6) is 0 Å². The minimum Gasteiger partial charge on any atom is -0.330 e. The zero-order chi connectivity index (χ0) is 10.1. The van der Waals surface area contributed by atoms with Gasteiger partial charge in [-0.3, -0.25) is 0 Å². The summed E-state index contributed by atoms with van der Waals surface area (Å²) in [4.78, 5) is 0. The highest BCUT2D eigenvalue weighted by molar-refractivity contribution is 5.84. The highest BCUT2D eigenvalue weighted by atomic mass is 14.5. The summed E-state index contributed by atoms with van der Waals surface area (Å²) < 4.78 is 0. The second-order valence-electron chi connectivity index (χ2n) is 3.14. The third-order valence-electron chi connectivity index (χ3n) is 1.85. The molecule has 0 aromatic rings. The maximum atomic E-state index is 7.46. The minimum absolute atomic E-state index is 0.555. The predicted molar refractivity (Wildman–Crippen MR) is 56.6 cm³/mol. The molecule has 4 nitrogen and oxygen atoms in total. The first-order valence-corrected chi connectivity index (χ1v) is 4.73. The van der Waals surface area contributed by atoms with Gasteiger partial charge in [-0.05, 0) is 45.2 Å². The molecule has 0 rings (SSSR count). The van der Waals surface area contributed by atoms with Gasteiger partial charge < -0.3 is 22.3 Å². The second-order valence-corrected chi connectivity index (χ2v) is 3.14. The largest absolute Gasteiger partial charge is 0.330 e. The Kier molecular flexibility index (Phi) is 7.44. The fraction of sp³-hybridized carbons (Fsp3) is 0.778. The van der Waals surface area contributed by atoms with Gasteiger partial charge in [0, 0.05) is 11.4 Å². The van der Waals surface area contributed by atoms with Gasteiger partial charge in [-0.2, -0.15) is 0 Å². The minimum atomic E-state index is 0.555. The van der Waals surface area contributed by atoms with Gasteiger partial charge in [0.2, 0.25) is 0 Å². The zero-order valence-electron chi connectivity index (χ0n) is 8.10. The molecule has 13 heavy (non-hydrogen) atoms. The molecule has 0 bridgehead atoms. The van der Waals surface area contributed by atoms with E-state index in [0.29, 0.717) is 37.4 Å². The van der Waals surface area contributed by atoms with E-state index in [1.165, 1.54) is 0 Å². The normalized spacial score (nSPS) is 10.0. The number of hydrogen-bond donors (Lipinski definition) is 4. The van der Waals surface area contributed by atoms with E-state index in [2.05, 4.69) is 0 Å². The zero-order valence-corrected chi connectivity index (χ0v) is 8.10. The molecule has 0 aliphatic heterocycles. The van der Waals surface area contributed by atoms with Crippen LogP contribution < -0.4 is 11.5 Å². The van der Waals surface area contributed by atoms with Crippen molar-refractivity contribution in [1.82, 2.24) is 0 Å². The molecular formula is C9H20N4. The summed E-state index contributed by atoms with van der Waals surface area (Å²) in [6.45, 7) is 1.11. The molecule has 0 saturated heterocycles. The van der Waals surface area contributed by atoms with Gasteiger partial charge in [0.1, 0.15) is 0 Å².